The van der Waals surface area contributed by atoms with Gasteiger partial charge in [-0.15, -0.1) is 23.1 Å². The Balaban J connectivity index is 2.07. The van der Waals surface area contributed by atoms with Crippen LogP contribution < -0.4 is 0 Å². The molecule has 0 atom stereocenters. The molecular weight excluding hydrogens is 274 g/mol. The Bertz CT molecular complexity index is 572. The van der Waals surface area contributed by atoms with E-state index in [1.165, 1.54) is 21.8 Å². The number of hydrogen-bond donors (Lipinski definition) is 0. The molecule has 2 aromatic rings. The van der Waals surface area contributed by atoms with Crippen LogP contribution >= 0.6 is 23.1 Å². The molecule has 0 spiro atoms. The summed E-state index contributed by atoms with van der Waals surface area (Å²) in [4.78, 5) is 18.1. The molecule has 0 saturated heterocycles. The van der Waals surface area contributed by atoms with Gasteiger partial charge in [0.2, 0.25) is 0 Å². The predicted molar refractivity (Wildman–Crippen MR) is 82.2 cm³/mol. The number of ketones is 1. The summed E-state index contributed by atoms with van der Waals surface area (Å²) in [5.74, 6) is 0.953. The Labute approximate surface area is 122 Å². The first kappa shape index (κ1) is 14.3. The lowest BCUT2D eigenvalue weighted by molar-refractivity contribution is 0.102. The second-order valence-corrected chi connectivity index (χ2v) is 6.53. The number of rotatable bonds is 5. The maximum Gasteiger partial charge on any atom is 0.171 e. The third-order valence-electron chi connectivity index (χ3n) is 2.78. The maximum atomic E-state index is 11.5. The van der Waals surface area contributed by atoms with Gasteiger partial charge in [-0.1, -0.05) is 24.6 Å². The summed E-state index contributed by atoms with van der Waals surface area (Å²) in [6.45, 7) is 5.74. The molecule has 0 aliphatic heterocycles. The first-order valence-electron chi connectivity index (χ1n) is 6.29. The van der Waals surface area contributed by atoms with E-state index in [4.69, 9.17) is 0 Å². The molecule has 0 bridgehead atoms. The summed E-state index contributed by atoms with van der Waals surface area (Å²) in [5.41, 5.74) is 2.21. The lowest BCUT2D eigenvalue weighted by Crippen LogP contribution is -1.93. The van der Waals surface area contributed by atoms with Crippen molar-refractivity contribution in [1.29, 1.82) is 0 Å². The van der Waals surface area contributed by atoms with Gasteiger partial charge in [0.15, 0.2) is 5.78 Å². The molecule has 0 aliphatic rings. The Morgan fingerprint density at radius 1 is 1.32 bits per heavy atom. The van der Waals surface area contributed by atoms with Crippen LogP contribution in [0.5, 0.6) is 0 Å². The van der Waals surface area contributed by atoms with E-state index in [1.54, 1.807) is 18.7 Å². The van der Waals surface area contributed by atoms with E-state index in [-0.39, 0.29) is 5.78 Å². The van der Waals surface area contributed by atoms with E-state index in [9.17, 15) is 4.79 Å². The number of thiazole rings is 1. The van der Waals surface area contributed by atoms with Crippen LogP contribution in [-0.2, 0) is 12.2 Å². The van der Waals surface area contributed by atoms with E-state index in [1.807, 2.05) is 6.92 Å². The molecule has 1 aromatic heterocycles. The number of carbonyl (C=O) groups excluding carboxylic acids is 1. The Morgan fingerprint density at radius 2 is 2.00 bits per heavy atom. The second-order valence-electron chi connectivity index (χ2n) is 4.39. The Morgan fingerprint density at radius 3 is 2.53 bits per heavy atom. The SMILES string of the molecule is CCc1nc(CSc2ccc(C)cc2)sc1C(C)=O. The van der Waals surface area contributed by atoms with Gasteiger partial charge in [-0.2, -0.15) is 0 Å². The summed E-state index contributed by atoms with van der Waals surface area (Å²) in [6, 6.07) is 8.48. The minimum absolute atomic E-state index is 0.126. The molecule has 4 heteroatoms. The molecule has 0 N–H and O–H groups in total. The average Bonchev–Trinajstić information content (AvgIpc) is 2.81. The summed E-state index contributed by atoms with van der Waals surface area (Å²) < 4.78 is 0. The van der Waals surface area contributed by atoms with Crippen LogP contribution in [0.2, 0.25) is 0 Å². The predicted octanol–water partition coefficient (Wildman–Crippen LogP) is 4.51. The highest BCUT2D eigenvalue weighted by molar-refractivity contribution is 7.98. The molecule has 0 radical (unpaired) electrons. The zero-order valence-electron chi connectivity index (χ0n) is 11.4. The van der Waals surface area contributed by atoms with Gasteiger partial charge in [0.05, 0.1) is 16.3 Å². The quantitative estimate of drug-likeness (QED) is 0.600. The van der Waals surface area contributed by atoms with Crippen molar-refractivity contribution >= 4 is 28.9 Å². The molecule has 2 nitrogen and oxygen atoms in total. The number of Topliss-reactive ketones (excluding diaryl/α,β-unsaturated/α-hetero) is 1. The van der Waals surface area contributed by atoms with Crippen molar-refractivity contribution in [3.8, 4) is 0 Å². The first-order valence-corrected chi connectivity index (χ1v) is 8.09. The lowest BCUT2D eigenvalue weighted by atomic mass is 10.2. The third-order valence-corrected chi connectivity index (χ3v) is 5.18. The van der Waals surface area contributed by atoms with Crippen molar-refractivity contribution < 1.29 is 4.79 Å². The van der Waals surface area contributed by atoms with E-state index in [0.717, 1.165) is 27.8 Å². The standard InChI is InChI=1S/C15H17NOS2/c1-4-13-15(11(3)17)19-14(16-13)9-18-12-7-5-10(2)6-8-12/h5-8H,4,9H2,1-3H3. The molecule has 0 unspecified atom stereocenters. The Hall–Kier alpha value is -1.13. The monoisotopic (exact) mass is 291 g/mol. The molecule has 0 fully saturated rings. The normalized spacial score (nSPS) is 10.7. The van der Waals surface area contributed by atoms with Crippen molar-refractivity contribution in [3.63, 3.8) is 0 Å². The zero-order chi connectivity index (χ0) is 13.8. The zero-order valence-corrected chi connectivity index (χ0v) is 13.0. The average molecular weight is 291 g/mol. The molecule has 100 valence electrons. The summed E-state index contributed by atoms with van der Waals surface area (Å²) in [6.07, 6.45) is 0.820. The van der Waals surface area contributed by atoms with Crippen LogP contribution in [0, 0.1) is 6.92 Å². The van der Waals surface area contributed by atoms with Crippen LogP contribution in [0.4, 0.5) is 0 Å². The number of aryl methyl sites for hydroxylation is 2. The molecule has 0 saturated carbocycles. The molecule has 1 heterocycles. The van der Waals surface area contributed by atoms with E-state index in [0.29, 0.717) is 0 Å². The van der Waals surface area contributed by atoms with Crippen molar-refractivity contribution in [2.24, 2.45) is 0 Å². The third kappa shape index (κ3) is 3.67. The van der Waals surface area contributed by atoms with E-state index < -0.39 is 0 Å². The Kier molecular flexibility index (Phi) is 4.77. The maximum absolute atomic E-state index is 11.5. The van der Waals surface area contributed by atoms with Gasteiger partial charge in [-0.25, -0.2) is 4.98 Å². The van der Waals surface area contributed by atoms with Crippen LogP contribution in [-0.4, -0.2) is 10.8 Å². The minimum atomic E-state index is 0.126. The topological polar surface area (TPSA) is 30.0 Å². The summed E-state index contributed by atoms with van der Waals surface area (Å²) >= 11 is 3.30. The minimum Gasteiger partial charge on any atom is -0.294 e. The molecule has 0 amide bonds. The summed E-state index contributed by atoms with van der Waals surface area (Å²) in [5, 5.41) is 1.03. The van der Waals surface area contributed by atoms with Gasteiger partial charge in [0.1, 0.15) is 5.01 Å². The largest absolute Gasteiger partial charge is 0.294 e. The smallest absolute Gasteiger partial charge is 0.171 e. The molecule has 19 heavy (non-hydrogen) atoms. The highest BCUT2D eigenvalue weighted by atomic mass is 32.2. The van der Waals surface area contributed by atoms with Crippen molar-refractivity contribution in [2.75, 3.05) is 0 Å². The molecule has 1 aromatic carbocycles. The van der Waals surface area contributed by atoms with Gasteiger partial charge in [-0.3, -0.25) is 4.79 Å². The van der Waals surface area contributed by atoms with Gasteiger partial charge in [0, 0.05) is 11.8 Å². The number of aromatic nitrogens is 1. The van der Waals surface area contributed by atoms with Gasteiger partial charge >= 0.3 is 0 Å². The van der Waals surface area contributed by atoms with Crippen LogP contribution in [0.25, 0.3) is 0 Å². The van der Waals surface area contributed by atoms with Gasteiger partial charge in [-0.05, 0) is 25.5 Å². The van der Waals surface area contributed by atoms with Crippen LogP contribution in [0.1, 0.15) is 39.8 Å². The van der Waals surface area contributed by atoms with Crippen molar-refractivity contribution in [3.05, 3.63) is 45.4 Å². The van der Waals surface area contributed by atoms with Crippen LogP contribution in [0.3, 0.4) is 0 Å². The number of thioether (sulfide) groups is 1. The fourth-order valence-corrected chi connectivity index (χ4v) is 3.70. The highest BCUT2D eigenvalue weighted by Gasteiger charge is 2.13. The molecular formula is C15H17NOS2. The second kappa shape index (κ2) is 6.35. The summed E-state index contributed by atoms with van der Waals surface area (Å²) in [7, 11) is 0. The van der Waals surface area contributed by atoms with Crippen molar-refractivity contribution in [1.82, 2.24) is 4.98 Å². The van der Waals surface area contributed by atoms with Crippen LogP contribution in [0.15, 0.2) is 29.2 Å². The van der Waals surface area contributed by atoms with E-state index >= 15 is 0 Å². The highest BCUT2D eigenvalue weighted by Crippen LogP contribution is 2.27. The molecule has 0 aliphatic carbocycles. The number of hydrogen-bond acceptors (Lipinski definition) is 4. The lowest BCUT2D eigenvalue weighted by Gasteiger charge is -1.99. The number of nitrogens with zero attached hydrogens (tertiary/aromatic N) is 1. The van der Waals surface area contributed by atoms with Gasteiger partial charge < -0.3 is 0 Å². The molecule has 2 rings (SSSR count). The fourth-order valence-electron chi connectivity index (χ4n) is 1.76. The number of benzene rings is 1. The van der Waals surface area contributed by atoms with Crippen molar-refractivity contribution in [2.45, 2.75) is 37.8 Å². The fraction of sp³-hybridized carbons (Fsp3) is 0.333. The van der Waals surface area contributed by atoms with E-state index in [2.05, 4.69) is 36.2 Å². The first-order chi connectivity index (χ1) is 9.10. The van der Waals surface area contributed by atoms with Gasteiger partial charge in [0.25, 0.3) is 0 Å². The number of carbonyl (C=O) groups is 1.